The predicted molar refractivity (Wildman–Crippen MR) is 77.1 cm³/mol. The van der Waals surface area contributed by atoms with Crippen LogP contribution in [-0.4, -0.2) is 16.1 Å². The number of aromatic nitrogens is 2. The Kier molecular flexibility index (Phi) is 3.99. The summed E-state index contributed by atoms with van der Waals surface area (Å²) in [5.41, 5.74) is 3.21. The summed E-state index contributed by atoms with van der Waals surface area (Å²) >= 11 is 0. The molecule has 2 N–H and O–H groups in total. The molecule has 0 radical (unpaired) electrons. The highest BCUT2D eigenvalue weighted by atomic mass is 19.1. The first kappa shape index (κ1) is 13.8. The van der Waals surface area contributed by atoms with Crippen LogP contribution >= 0.6 is 0 Å². The molecule has 1 atom stereocenters. The molecule has 3 rings (SSSR count). The Labute approximate surface area is 122 Å². The van der Waals surface area contributed by atoms with E-state index in [4.69, 9.17) is 0 Å². The highest BCUT2D eigenvalue weighted by Crippen LogP contribution is 2.27. The molecule has 1 aliphatic rings. The van der Waals surface area contributed by atoms with E-state index in [1.165, 1.54) is 17.7 Å². The molecule has 4 nitrogen and oxygen atoms in total. The number of carbonyl (C=O) groups is 1. The SMILES string of the molecule is O=C(CCc1ccc(F)cc1)N[C@@H]1CCCc2cn[nH]c21. The molecule has 21 heavy (non-hydrogen) atoms. The van der Waals surface area contributed by atoms with Crippen molar-refractivity contribution in [2.24, 2.45) is 0 Å². The number of benzene rings is 1. The van der Waals surface area contributed by atoms with E-state index >= 15 is 0 Å². The molecule has 0 saturated carbocycles. The van der Waals surface area contributed by atoms with Crippen molar-refractivity contribution in [2.45, 2.75) is 38.1 Å². The number of amides is 1. The fourth-order valence-corrected chi connectivity index (χ4v) is 2.78. The zero-order valence-corrected chi connectivity index (χ0v) is 11.7. The van der Waals surface area contributed by atoms with Gasteiger partial charge in [-0.2, -0.15) is 5.10 Å². The van der Waals surface area contributed by atoms with E-state index in [9.17, 15) is 9.18 Å². The average Bonchev–Trinajstić information content (AvgIpc) is 2.96. The lowest BCUT2D eigenvalue weighted by atomic mass is 9.93. The number of H-pyrrole nitrogens is 1. The molecule has 1 heterocycles. The van der Waals surface area contributed by atoms with Gasteiger partial charge in [-0.15, -0.1) is 0 Å². The minimum absolute atomic E-state index is 0.0202. The number of nitrogens with zero attached hydrogens (tertiary/aromatic N) is 1. The maximum atomic E-state index is 12.8. The Bertz CT molecular complexity index is 621. The molecule has 0 aliphatic heterocycles. The molecule has 0 unspecified atom stereocenters. The molecular weight excluding hydrogens is 269 g/mol. The van der Waals surface area contributed by atoms with Gasteiger partial charge >= 0.3 is 0 Å². The van der Waals surface area contributed by atoms with Crippen LogP contribution in [0.15, 0.2) is 30.5 Å². The fourth-order valence-electron chi connectivity index (χ4n) is 2.78. The third-order valence-corrected chi connectivity index (χ3v) is 3.93. The number of nitrogens with one attached hydrogen (secondary N) is 2. The lowest BCUT2D eigenvalue weighted by Gasteiger charge is -2.22. The van der Waals surface area contributed by atoms with Crippen LogP contribution in [0.25, 0.3) is 0 Å². The third-order valence-electron chi connectivity index (χ3n) is 3.93. The van der Waals surface area contributed by atoms with Gasteiger partial charge in [0.1, 0.15) is 5.82 Å². The van der Waals surface area contributed by atoms with Crippen molar-refractivity contribution in [3.63, 3.8) is 0 Å². The molecular formula is C16H18FN3O. The summed E-state index contributed by atoms with van der Waals surface area (Å²) in [5, 5.41) is 10.1. The van der Waals surface area contributed by atoms with E-state index in [-0.39, 0.29) is 17.8 Å². The van der Waals surface area contributed by atoms with Gasteiger partial charge in [0, 0.05) is 6.42 Å². The van der Waals surface area contributed by atoms with Crippen molar-refractivity contribution in [3.8, 4) is 0 Å². The number of hydrogen-bond donors (Lipinski definition) is 2. The Hall–Kier alpha value is -2.17. The molecule has 0 fully saturated rings. The molecule has 110 valence electrons. The summed E-state index contributed by atoms with van der Waals surface area (Å²) in [6, 6.07) is 6.32. The van der Waals surface area contributed by atoms with Crippen molar-refractivity contribution in [1.82, 2.24) is 15.5 Å². The first-order chi connectivity index (χ1) is 10.2. The van der Waals surface area contributed by atoms with Gasteiger partial charge in [0.05, 0.1) is 17.9 Å². The summed E-state index contributed by atoms with van der Waals surface area (Å²) in [6.07, 6.45) is 5.90. The number of aromatic amines is 1. The van der Waals surface area contributed by atoms with Crippen molar-refractivity contribution in [1.29, 1.82) is 0 Å². The van der Waals surface area contributed by atoms with Gasteiger partial charge in [-0.25, -0.2) is 4.39 Å². The standard InChI is InChI=1S/C16H18FN3O/c17-13-7-4-11(5-8-13)6-9-15(21)19-14-3-1-2-12-10-18-20-16(12)14/h4-5,7-8,10,14H,1-3,6,9H2,(H,18,20)(H,19,21)/t14-/m1/s1. The minimum atomic E-state index is -0.253. The van der Waals surface area contributed by atoms with Gasteiger partial charge in [0.15, 0.2) is 0 Å². The number of fused-ring (bicyclic) bond motifs is 1. The summed E-state index contributed by atoms with van der Waals surface area (Å²) in [4.78, 5) is 12.1. The summed E-state index contributed by atoms with van der Waals surface area (Å²) in [6.45, 7) is 0. The van der Waals surface area contributed by atoms with Crippen molar-refractivity contribution < 1.29 is 9.18 Å². The van der Waals surface area contributed by atoms with Gasteiger partial charge in [0.2, 0.25) is 5.91 Å². The van der Waals surface area contributed by atoms with Gasteiger partial charge in [0.25, 0.3) is 0 Å². The van der Waals surface area contributed by atoms with E-state index in [1.807, 2.05) is 6.20 Å². The zero-order chi connectivity index (χ0) is 14.7. The van der Waals surface area contributed by atoms with Crippen LogP contribution in [0.3, 0.4) is 0 Å². The van der Waals surface area contributed by atoms with Crippen molar-refractivity contribution in [3.05, 3.63) is 53.1 Å². The molecule has 1 aliphatic carbocycles. The molecule has 1 aromatic carbocycles. The van der Waals surface area contributed by atoms with Crippen LogP contribution in [-0.2, 0) is 17.6 Å². The second-order valence-electron chi connectivity index (χ2n) is 5.45. The first-order valence-electron chi connectivity index (χ1n) is 7.28. The van der Waals surface area contributed by atoms with E-state index in [0.717, 1.165) is 30.5 Å². The second kappa shape index (κ2) is 6.08. The lowest BCUT2D eigenvalue weighted by Crippen LogP contribution is -2.31. The summed E-state index contributed by atoms with van der Waals surface area (Å²) < 4.78 is 12.8. The van der Waals surface area contributed by atoms with Crippen LogP contribution in [0.1, 0.15) is 42.1 Å². The quantitative estimate of drug-likeness (QED) is 0.908. The Morgan fingerprint density at radius 3 is 3.00 bits per heavy atom. The number of halogens is 1. The van der Waals surface area contributed by atoms with E-state index in [2.05, 4.69) is 15.5 Å². The van der Waals surface area contributed by atoms with E-state index in [0.29, 0.717) is 12.8 Å². The fraction of sp³-hybridized carbons (Fsp3) is 0.375. The summed E-state index contributed by atoms with van der Waals surface area (Å²) in [7, 11) is 0. The van der Waals surface area contributed by atoms with E-state index < -0.39 is 0 Å². The molecule has 1 aromatic heterocycles. The molecule has 0 bridgehead atoms. The third kappa shape index (κ3) is 3.29. The Morgan fingerprint density at radius 2 is 2.19 bits per heavy atom. The summed E-state index contributed by atoms with van der Waals surface area (Å²) in [5.74, 6) is -0.232. The molecule has 0 saturated heterocycles. The van der Waals surface area contributed by atoms with Crippen LogP contribution in [0.4, 0.5) is 4.39 Å². The van der Waals surface area contributed by atoms with E-state index in [1.54, 1.807) is 12.1 Å². The lowest BCUT2D eigenvalue weighted by molar-refractivity contribution is -0.121. The molecule has 2 aromatic rings. The minimum Gasteiger partial charge on any atom is -0.348 e. The number of aryl methyl sites for hydroxylation is 2. The molecule has 1 amide bonds. The highest BCUT2D eigenvalue weighted by Gasteiger charge is 2.23. The zero-order valence-electron chi connectivity index (χ0n) is 11.7. The maximum absolute atomic E-state index is 12.8. The van der Waals surface area contributed by atoms with Crippen LogP contribution in [0, 0.1) is 5.82 Å². The van der Waals surface area contributed by atoms with Crippen molar-refractivity contribution in [2.75, 3.05) is 0 Å². The number of hydrogen-bond acceptors (Lipinski definition) is 2. The van der Waals surface area contributed by atoms with Crippen LogP contribution in [0.5, 0.6) is 0 Å². The van der Waals surface area contributed by atoms with Gasteiger partial charge in [-0.05, 0) is 48.9 Å². The highest BCUT2D eigenvalue weighted by molar-refractivity contribution is 5.76. The van der Waals surface area contributed by atoms with Crippen LogP contribution < -0.4 is 5.32 Å². The van der Waals surface area contributed by atoms with Crippen LogP contribution in [0.2, 0.25) is 0 Å². The maximum Gasteiger partial charge on any atom is 0.220 e. The predicted octanol–water partition coefficient (Wildman–Crippen LogP) is 2.68. The molecule has 5 heteroatoms. The first-order valence-corrected chi connectivity index (χ1v) is 7.28. The topological polar surface area (TPSA) is 57.8 Å². The Morgan fingerprint density at radius 1 is 1.38 bits per heavy atom. The second-order valence-corrected chi connectivity index (χ2v) is 5.45. The smallest absolute Gasteiger partial charge is 0.220 e. The number of rotatable bonds is 4. The van der Waals surface area contributed by atoms with Gasteiger partial charge in [-0.3, -0.25) is 9.89 Å². The van der Waals surface area contributed by atoms with Gasteiger partial charge in [-0.1, -0.05) is 12.1 Å². The molecule has 0 spiro atoms. The monoisotopic (exact) mass is 287 g/mol. The normalized spacial score (nSPS) is 17.3. The number of carbonyl (C=O) groups excluding carboxylic acids is 1. The van der Waals surface area contributed by atoms with Gasteiger partial charge < -0.3 is 5.32 Å². The average molecular weight is 287 g/mol. The Balaban J connectivity index is 1.54. The van der Waals surface area contributed by atoms with Crippen molar-refractivity contribution >= 4 is 5.91 Å². The largest absolute Gasteiger partial charge is 0.348 e.